The monoisotopic (exact) mass is 192 g/mol. The van der Waals surface area contributed by atoms with Crippen LogP contribution in [0.5, 0.6) is 0 Å². The maximum Gasteiger partial charge on any atom is 0.269 e. The van der Waals surface area contributed by atoms with E-state index in [0.717, 1.165) is 5.56 Å². The molecule has 1 aromatic heterocycles. The van der Waals surface area contributed by atoms with Crippen LogP contribution < -0.4 is 5.32 Å². The normalized spacial score (nSPS) is 10.3. The molecule has 0 saturated carbocycles. The van der Waals surface area contributed by atoms with Crippen molar-refractivity contribution in [3.63, 3.8) is 0 Å². The zero-order valence-corrected chi connectivity index (χ0v) is 8.87. The maximum atomic E-state index is 11.5. The lowest BCUT2D eigenvalue weighted by Gasteiger charge is -2.06. The lowest BCUT2D eigenvalue weighted by Crippen LogP contribution is -2.28. The highest BCUT2D eigenvalue weighted by atomic mass is 16.1. The summed E-state index contributed by atoms with van der Waals surface area (Å²) in [5.41, 5.74) is 1.54. The third kappa shape index (κ3) is 3.17. The molecular weight excluding hydrogens is 176 g/mol. The van der Waals surface area contributed by atoms with Crippen LogP contribution in [0.3, 0.4) is 0 Å². The van der Waals surface area contributed by atoms with Crippen LogP contribution >= 0.6 is 0 Å². The van der Waals surface area contributed by atoms with Gasteiger partial charge in [0.1, 0.15) is 5.69 Å². The van der Waals surface area contributed by atoms with Gasteiger partial charge in [0.05, 0.1) is 0 Å². The van der Waals surface area contributed by atoms with Gasteiger partial charge in [-0.25, -0.2) is 0 Å². The summed E-state index contributed by atoms with van der Waals surface area (Å²) in [6, 6.07) is 3.66. The molecule has 1 aromatic rings. The van der Waals surface area contributed by atoms with Gasteiger partial charge in [-0.05, 0) is 30.5 Å². The molecule has 1 heterocycles. The van der Waals surface area contributed by atoms with Crippen LogP contribution in [0, 0.1) is 12.8 Å². The number of carbonyl (C=O) groups excluding carboxylic acids is 1. The molecule has 0 saturated heterocycles. The maximum absolute atomic E-state index is 11.5. The Hall–Kier alpha value is -1.38. The molecule has 0 unspecified atom stereocenters. The van der Waals surface area contributed by atoms with Crippen molar-refractivity contribution in [2.45, 2.75) is 20.8 Å². The predicted molar refractivity (Wildman–Crippen MR) is 56.1 cm³/mol. The number of pyridine rings is 1. The molecule has 0 aliphatic rings. The summed E-state index contributed by atoms with van der Waals surface area (Å²) in [6.07, 6.45) is 1.65. The molecule has 3 heteroatoms. The zero-order valence-electron chi connectivity index (χ0n) is 8.87. The molecule has 0 fully saturated rings. The van der Waals surface area contributed by atoms with Crippen LogP contribution in [0.2, 0.25) is 0 Å². The van der Waals surface area contributed by atoms with Crippen molar-refractivity contribution in [1.29, 1.82) is 0 Å². The Bertz CT molecular complexity index is 321. The largest absolute Gasteiger partial charge is 0.350 e. The molecule has 1 amide bonds. The smallest absolute Gasteiger partial charge is 0.269 e. The fourth-order valence-electron chi connectivity index (χ4n) is 1.05. The number of aromatic nitrogens is 1. The van der Waals surface area contributed by atoms with E-state index in [0.29, 0.717) is 18.2 Å². The molecule has 0 bridgehead atoms. The molecule has 0 radical (unpaired) electrons. The summed E-state index contributed by atoms with van der Waals surface area (Å²) in [5, 5.41) is 2.82. The number of aryl methyl sites for hydroxylation is 1. The summed E-state index contributed by atoms with van der Waals surface area (Å²) < 4.78 is 0. The Labute approximate surface area is 84.6 Å². The van der Waals surface area contributed by atoms with E-state index >= 15 is 0 Å². The molecule has 0 aliphatic heterocycles. The van der Waals surface area contributed by atoms with Crippen molar-refractivity contribution >= 4 is 5.91 Å². The Kier molecular flexibility index (Phi) is 3.63. The molecule has 3 nitrogen and oxygen atoms in total. The van der Waals surface area contributed by atoms with E-state index < -0.39 is 0 Å². The van der Waals surface area contributed by atoms with Crippen molar-refractivity contribution in [2.75, 3.05) is 6.54 Å². The Morgan fingerprint density at radius 2 is 2.29 bits per heavy atom. The second-order valence-corrected chi connectivity index (χ2v) is 3.82. The van der Waals surface area contributed by atoms with Crippen molar-refractivity contribution in [2.24, 2.45) is 5.92 Å². The van der Waals surface area contributed by atoms with Crippen molar-refractivity contribution in [3.05, 3.63) is 29.6 Å². The van der Waals surface area contributed by atoms with E-state index in [9.17, 15) is 4.79 Å². The van der Waals surface area contributed by atoms with Gasteiger partial charge in [-0.15, -0.1) is 0 Å². The predicted octanol–water partition coefficient (Wildman–Crippen LogP) is 1.78. The van der Waals surface area contributed by atoms with Gasteiger partial charge >= 0.3 is 0 Å². The minimum atomic E-state index is -0.0950. The van der Waals surface area contributed by atoms with Gasteiger partial charge in [-0.3, -0.25) is 9.78 Å². The van der Waals surface area contributed by atoms with Crippen LogP contribution in [0.15, 0.2) is 18.3 Å². The van der Waals surface area contributed by atoms with Crippen LogP contribution in [0.25, 0.3) is 0 Å². The van der Waals surface area contributed by atoms with Gasteiger partial charge in [-0.2, -0.15) is 0 Å². The topological polar surface area (TPSA) is 42.0 Å². The number of carbonyl (C=O) groups is 1. The van der Waals surface area contributed by atoms with Gasteiger partial charge in [0, 0.05) is 12.7 Å². The van der Waals surface area contributed by atoms with E-state index in [4.69, 9.17) is 0 Å². The summed E-state index contributed by atoms with van der Waals surface area (Å²) in [4.78, 5) is 15.5. The van der Waals surface area contributed by atoms with E-state index in [1.807, 2.05) is 13.0 Å². The molecule has 0 spiro atoms. The van der Waals surface area contributed by atoms with E-state index in [1.165, 1.54) is 0 Å². The van der Waals surface area contributed by atoms with Crippen molar-refractivity contribution in [1.82, 2.24) is 10.3 Å². The number of nitrogens with zero attached hydrogens (tertiary/aromatic N) is 1. The zero-order chi connectivity index (χ0) is 10.6. The highest BCUT2D eigenvalue weighted by Gasteiger charge is 2.06. The van der Waals surface area contributed by atoms with Crippen LogP contribution in [0.4, 0.5) is 0 Å². The lowest BCUT2D eigenvalue weighted by molar-refractivity contribution is 0.0944. The van der Waals surface area contributed by atoms with E-state index in [-0.39, 0.29) is 5.91 Å². The second-order valence-electron chi connectivity index (χ2n) is 3.82. The summed E-state index contributed by atoms with van der Waals surface area (Å²) >= 11 is 0. The van der Waals surface area contributed by atoms with Gasteiger partial charge < -0.3 is 5.32 Å². The molecule has 1 rings (SSSR count). The minimum absolute atomic E-state index is 0.0950. The fraction of sp³-hybridized carbons (Fsp3) is 0.455. The Morgan fingerprint density at radius 3 is 2.86 bits per heavy atom. The molecule has 0 aliphatic carbocycles. The third-order valence-corrected chi connectivity index (χ3v) is 1.82. The van der Waals surface area contributed by atoms with E-state index in [2.05, 4.69) is 24.1 Å². The number of hydrogen-bond donors (Lipinski definition) is 1. The van der Waals surface area contributed by atoms with Gasteiger partial charge in [0.25, 0.3) is 5.91 Å². The molecular formula is C11H16N2O. The number of amides is 1. The molecule has 0 aromatic carbocycles. The lowest BCUT2D eigenvalue weighted by atomic mass is 10.2. The molecule has 0 atom stereocenters. The van der Waals surface area contributed by atoms with Gasteiger partial charge in [0.2, 0.25) is 0 Å². The number of hydrogen-bond acceptors (Lipinski definition) is 2. The third-order valence-electron chi connectivity index (χ3n) is 1.82. The second kappa shape index (κ2) is 4.74. The number of nitrogens with one attached hydrogen (secondary N) is 1. The van der Waals surface area contributed by atoms with Gasteiger partial charge in [0.15, 0.2) is 0 Å². The summed E-state index contributed by atoms with van der Waals surface area (Å²) in [7, 11) is 0. The SMILES string of the molecule is Cc1ccnc(C(=O)NCC(C)C)c1. The first-order valence-electron chi connectivity index (χ1n) is 4.80. The fourth-order valence-corrected chi connectivity index (χ4v) is 1.05. The Morgan fingerprint density at radius 1 is 1.57 bits per heavy atom. The van der Waals surface area contributed by atoms with Crippen molar-refractivity contribution < 1.29 is 4.79 Å². The number of rotatable bonds is 3. The van der Waals surface area contributed by atoms with Crippen LogP contribution in [-0.2, 0) is 0 Å². The minimum Gasteiger partial charge on any atom is -0.350 e. The first kappa shape index (κ1) is 10.7. The first-order chi connectivity index (χ1) is 6.59. The molecule has 76 valence electrons. The summed E-state index contributed by atoms with van der Waals surface area (Å²) in [5.74, 6) is 0.367. The summed E-state index contributed by atoms with van der Waals surface area (Å²) in [6.45, 7) is 6.75. The quantitative estimate of drug-likeness (QED) is 0.793. The van der Waals surface area contributed by atoms with Gasteiger partial charge in [-0.1, -0.05) is 13.8 Å². The highest BCUT2D eigenvalue weighted by Crippen LogP contribution is 1.99. The molecule has 14 heavy (non-hydrogen) atoms. The Balaban J connectivity index is 2.61. The van der Waals surface area contributed by atoms with Crippen LogP contribution in [0.1, 0.15) is 29.9 Å². The van der Waals surface area contributed by atoms with Crippen molar-refractivity contribution in [3.8, 4) is 0 Å². The van der Waals surface area contributed by atoms with E-state index in [1.54, 1.807) is 12.3 Å². The highest BCUT2D eigenvalue weighted by molar-refractivity contribution is 5.92. The average molecular weight is 192 g/mol. The molecule has 1 N–H and O–H groups in total. The van der Waals surface area contributed by atoms with Crippen LogP contribution in [-0.4, -0.2) is 17.4 Å². The standard InChI is InChI=1S/C11H16N2O/c1-8(2)7-13-11(14)10-6-9(3)4-5-12-10/h4-6,8H,7H2,1-3H3,(H,13,14). The average Bonchev–Trinajstić information content (AvgIpc) is 2.14. The first-order valence-corrected chi connectivity index (χ1v) is 4.80.